The van der Waals surface area contributed by atoms with Gasteiger partial charge in [-0.2, -0.15) is 0 Å². The maximum Gasteiger partial charge on any atom is 0.303 e. The molecule has 3 fully saturated rings. The maximum absolute atomic E-state index is 13.1. The van der Waals surface area contributed by atoms with Crippen molar-refractivity contribution in [3.63, 3.8) is 0 Å². The van der Waals surface area contributed by atoms with Crippen molar-refractivity contribution in [1.29, 1.82) is 0 Å². The number of fused-ring (bicyclic) bond motifs is 5. The minimum atomic E-state index is -3.43. The summed E-state index contributed by atoms with van der Waals surface area (Å²) in [7, 11) is 0. The van der Waals surface area contributed by atoms with Gasteiger partial charge < -0.3 is 14.9 Å². The summed E-state index contributed by atoms with van der Waals surface area (Å²) < 4.78 is 75.2. The van der Waals surface area contributed by atoms with E-state index in [9.17, 15) is 26.0 Å². The van der Waals surface area contributed by atoms with Crippen LogP contribution in [0.25, 0.3) is 0 Å². The lowest BCUT2D eigenvalue weighted by Gasteiger charge is -2.59. The van der Waals surface area contributed by atoms with Crippen LogP contribution in [0, 0.1) is 28.6 Å². The molecule has 2 N–H and O–H groups in total. The van der Waals surface area contributed by atoms with Gasteiger partial charge in [0.1, 0.15) is 5.60 Å². The Labute approximate surface area is 182 Å². The Kier molecular flexibility index (Phi) is 2.92. The predicted octanol–water partition coefficient (Wildman–Crippen LogP) is 2.13. The van der Waals surface area contributed by atoms with Crippen molar-refractivity contribution in [2.75, 3.05) is 6.61 Å². The van der Waals surface area contributed by atoms with Gasteiger partial charge in [-0.05, 0) is 55.9 Å². The fourth-order valence-electron chi connectivity index (χ4n) is 5.51. The molecule has 0 aliphatic heterocycles. The highest BCUT2D eigenvalue weighted by Gasteiger charge is 2.68. The predicted molar refractivity (Wildman–Crippen MR) is 105 cm³/mol. The van der Waals surface area contributed by atoms with Gasteiger partial charge in [-0.15, -0.1) is 0 Å². The fourth-order valence-corrected chi connectivity index (χ4v) is 5.51. The molecule has 4 aliphatic rings. The van der Waals surface area contributed by atoms with Crippen LogP contribution >= 0.6 is 0 Å². The summed E-state index contributed by atoms with van der Waals surface area (Å²) in [6, 6.07) is -1.60. The number of esters is 1. The van der Waals surface area contributed by atoms with E-state index in [-0.39, 0.29) is 12.8 Å². The quantitative estimate of drug-likeness (QED) is 0.691. The molecular formula is C23H30O6. The molecule has 0 radical (unpaired) electrons. The largest absolute Gasteiger partial charge is 0.458 e. The summed E-state index contributed by atoms with van der Waals surface area (Å²) in [4.78, 5) is 36.9. The third-order valence-corrected chi connectivity index (χ3v) is 7.08. The first kappa shape index (κ1) is 12.8. The van der Waals surface area contributed by atoms with Crippen LogP contribution in [0.1, 0.15) is 63.7 Å². The highest BCUT2D eigenvalue weighted by Crippen LogP contribution is 2.67. The molecule has 0 heterocycles. The van der Waals surface area contributed by atoms with Gasteiger partial charge in [0.15, 0.2) is 12.4 Å². The van der Waals surface area contributed by atoms with E-state index in [4.69, 9.17) is 14.3 Å². The van der Waals surface area contributed by atoms with E-state index in [1.54, 1.807) is 0 Å². The Bertz CT molecular complexity index is 1180. The number of rotatable bonds is 3. The van der Waals surface area contributed by atoms with E-state index < -0.39 is 101 Å². The zero-order valence-electron chi connectivity index (χ0n) is 24.6. The molecule has 0 aromatic heterocycles. The van der Waals surface area contributed by atoms with E-state index in [1.807, 2.05) is 0 Å². The molecule has 0 bridgehead atoms. The summed E-state index contributed by atoms with van der Waals surface area (Å²) in [6.45, 7) is 2.58. The fraction of sp³-hybridized carbons (Fsp3) is 0.696. The molecule has 0 saturated heterocycles. The van der Waals surface area contributed by atoms with Gasteiger partial charge in [0.25, 0.3) is 0 Å². The zero-order chi connectivity index (χ0) is 28.4. The summed E-state index contributed by atoms with van der Waals surface area (Å²) in [6.07, 6.45) is -9.12. The summed E-state index contributed by atoms with van der Waals surface area (Å²) >= 11 is 0. The van der Waals surface area contributed by atoms with Gasteiger partial charge in [-0.25, -0.2) is 0 Å². The molecule has 4 rings (SSSR count). The van der Waals surface area contributed by atoms with Crippen LogP contribution in [0.4, 0.5) is 0 Å². The third-order valence-electron chi connectivity index (χ3n) is 7.08. The first-order valence-electron chi connectivity index (χ1n) is 13.7. The number of hydrogen-bond acceptors (Lipinski definition) is 6. The average Bonchev–Trinajstić information content (AvgIpc) is 3.05. The Morgan fingerprint density at radius 3 is 2.83 bits per heavy atom. The van der Waals surface area contributed by atoms with Crippen molar-refractivity contribution in [2.24, 2.45) is 28.6 Å². The Morgan fingerprint density at radius 1 is 1.41 bits per heavy atom. The number of carbonyl (C=O) groups is 3. The molecule has 6 nitrogen and oxygen atoms in total. The van der Waals surface area contributed by atoms with Gasteiger partial charge in [-0.1, -0.05) is 25.5 Å². The molecule has 158 valence electrons. The normalized spacial score (nSPS) is 58.9. The van der Waals surface area contributed by atoms with Crippen LogP contribution < -0.4 is 0 Å². The van der Waals surface area contributed by atoms with Crippen LogP contribution in [0.15, 0.2) is 23.8 Å². The Balaban J connectivity index is 2.00. The van der Waals surface area contributed by atoms with Crippen molar-refractivity contribution in [3.8, 4) is 0 Å². The highest BCUT2D eigenvalue weighted by atomic mass is 16.5. The topological polar surface area (TPSA) is 101 Å². The molecule has 0 spiro atoms. The molecule has 3 saturated carbocycles. The molecule has 0 aromatic carbocycles. The molecule has 0 amide bonds. The number of Topliss-reactive ketones (excluding diaryl/α,β-unsaturated/α-hetero) is 1. The van der Waals surface area contributed by atoms with Gasteiger partial charge >= 0.3 is 5.97 Å². The van der Waals surface area contributed by atoms with Crippen molar-refractivity contribution in [1.82, 2.24) is 0 Å². The van der Waals surface area contributed by atoms with Gasteiger partial charge in [0, 0.05) is 30.5 Å². The minimum absolute atomic E-state index is 0.0744. The van der Waals surface area contributed by atoms with Crippen LogP contribution in [0.3, 0.4) is 0 Å². The Morgan fingerprint density at radius 2 is 2.14 bits per heavy atom. The van der Waals surface area contributed by atoms with E-state index >= 15 is 0 Å². The number of carbonyl (C=O) groups excluding carboxylic acids is 3. The summed E-state index contributed by atoms with van der Waals surface area (Å²) in [5, 5.41) is 23.4. The van der Waals surface area contributed by atoms with Crippen molar-refractivity contribution in [3.05, 3.63) is 23.8 Å². The van der Waals surface area contributed by atoms with Gasteiger partial charge in [0.05, 0.1) is 10.2 Å². The van der Waals surface area contributed by atoms with Crippen LogP contribution in [-0.4, -0.2) is 46.0 Å². The standard InChI is InChI=1S/C23H30O6/c1-13(24)29-12-19(27)23(28)9-7-17-16-5-4-14-10-15(25)6-8-21(14,2)20(16)18(26)11-22(17,23)3/h6,8,10,16-18,20,26,28H,4-5,7,9,11-12H2,1-3H3/t16-,17-,18-,20+,21?,22-,23-/m0/s1/i4D2,6D,10D,11D2,18D,20D. The molecular weight excluding hydrogens is 372 g/mol. The van der Waals surface area contributed by atoms with Crippen molar-refractivity contribution >= 4 is 17.5 Å². The number of allylic oxidation sites excluding steroid dienone is 4. The highest BCUT2D eigenvalue weighted by molar-refractivity contribution is 6.01. The second-order valence-corrected chi connectivity index (χ2v) is 8.61. The van der Waals surface area contributed by atoms with Crippen molar-refractivity contribution in [2.45, 2.75) is 64.5 Å². The van der Waals surface area contributed by atoms with E-state index in [0.29, 0.717) is 0 Å². The third kappa shape index (κ3) is 2.79. The number of hydrogen-bond donors (Lipinski definition) is 2. The lowest BCUT2D eigenvalue weighted by molar-refractivity contribution is -0.181. The number of aliphatic hydroxyl groups is 2. The smallest absolute Gasteiger partial charge is 0.303 e. The second-order valence-electron chi connectivity index (χ2n) is 8.61. The van der Waals surface area contributed by atoms with Crippen LogP contribution in [0.2, 0.25) is 0 Å². The molecule has 29 heavy (non-hydrogen) atoms. The van der Waals surface area contributed by atoms with E-state index in [0.717, 1.165) is 13.0 Å². The molecule has 1 unspecified atom stereocenters. The van der Waals surface area contributed by atoms with Crippen LogP contribution in [0.5, 0.6) is 0 Å². The Hall–Kier alpha value is -1.79. The summed E-state index contributed by atoms with van der Waals surface area (Å²) in [5.41, 5.74) is -7.35. The second kappa shape index (κ2) is 6.61. The number of ketones is 2. The van der Waals surface area contributed by atoms with Gasteiger partial charge in [-0.3, -0.25) is 14.4 Å². The summed E-state index contributed by atoms with van der Waals surface area (Å²) in [5.74, 6) is -8.01. The SMILES string of the molecule is [2H]C1=CC2(C)C(=C([2H])C1=O)C([2H])([2H])C[C@H]1[C@@H]3CC[C@](O)(C(=O)COC(C)=O)[C@@]3(C)C([2H])([2H])[C@]([2H])(O)[C@@]12[2H]. The van der Waals surface area contributed by atoms with Gasteiger partial charge in [0.2, 0.25) is 5.78 Å². The van der Waals surface area contributed by atoms with Crippen molar-refractivity contribution < 1.29 is 40.3 Å². The monoisotopic (exact) mass is 410 g/mol. The first-order valence-corrected chi connectivity index (χ1v) is 9.67. The lowest BCUT2D eigenvalue weighted by Crippen LogP contribution is -2.61. The van der Waals surface area contributed by atoms with E-state index in [2.05, 4.69) is 0 Å². The first-order chi connectivity index (χ1) is 16.6. The molecule has 7 atom stereocenters. The molecule has 0 aromatic rings. The lowest BCUT2D eigenvalue weighted by atomic mass is 9.46. The van der Waals surface area contributed by atoms with Crippen LogP contribution in [-0.2, 0) is 19.1 Å². The minimum Gasteiger partial charge on any atom is -0.458 e. The molecule has 6 heteroatoms. The molecule has 4 aliphatic carbocycles. The zero-order valence-corrected chi connectivity index (χ0v) is 16.6. The van der Waals surface area contributed by atoms with E-state index in [1.165, 1.54) is 13.8 Å². The number of ether oxygens (including phenoxy) is 1. The maximum atomic E-state index is 13.1. The average molecular weight is 411 g/mol.